The van der Waals surface area contributed by atoms with Crippen molar-refractivity contribution >= 4 is 7.55 Å². The summed E-state index contributed by atoms with van der Waals surface area (Å²) in [5.74, 6) is 0. The Hall–Kier alpha value is -0.0151. The van der Waals surface area contributed by atoms with E-state index in [2.05, 4.69) is 58.7 Å². The summed E-state index contributed by atoms with van der Waals surface area (Å²) >= 11 is 0. The summed E-state index contributed by atoms with van der Waals surface area (Å²) in [5.41, 5.74) is 0.508. The first-order chi connectivity index (χ1) is 6.21. The molecule has 1 heterocycles. The molecule has 1 rings (SSSR count). The number of rotatable bonds is 0. The molecule has 0 amide bonds. The predicted molar refractivity (Wildman–Crippen MR) is 63.3 cm³/mol. The zero-order chi connectivity index (χ0) is 11.0. The van der Waals surface area contributed by atoms with Crippen LogP contribution in [0.3, 0.4) is 0 Å². The maximum atomic E-state index is 2.45. The first-order valence-corrected chi connectivity index (χ1v) is 5.60. The maximum absolute atomic E-state index is 2.45. The quantitative estimate of drug-likeness (QED) is 0.546. The van der Waals surface area contributed by atoms with E-state index >= 15 is 0 Å². The Morgan fingerprint density at radius 3 is 1.43 bits per heavy atom. The smallest absolute Gasteiger partial charge is 0.314 e. The fourth-order valence-corrected chi connectivity index (χ4v) is 1.71. The molecule has 1 aliphatic heterocycles. The minimum absolute atomic E-state index is 0.254. The van der Waals surface area contributed by atoms with E-state index in [9.17, 15) is 0 Å². The van der Waals surface area contributed by atoms with E-state index in [1.165, 1.54) is 19.5 Å². The van der Waals surface area contributed by atoms with Crippen molar-refractivity contribution in [3.05, 3.63) is 0 Å². The highest BCUT2D eigenvalue weighted by Crippen LogP contribution is 2.21. The van der Waals surface area contributed by atoms with Crippen molar-refractivity contribution < 1.29 is 0 Å². The predicted octanol–water partition coefficient (Wildman–Crippen LogP) is 2.13. The molecule has 3 heteroatoms. The Morgan fingerprint density at radius 2 is 1.14 bits per heavy atom. The minimum atomic E-state index is 0.254. The summed E-state index contributed by atoms with van der Waals surface area (Å²) in [4.78, 5) is 4.89. The minimum Gasteiger partial charge on any atom is -0.327 e. The fraction of sp³-hybridized carbons (Fsp3) is 1.00. The van der Waals surface area contributed by atoms with Gasteiger partial charge in [0.05, 0.1) is 0 Å². The van der Waals surface area contributed by atoms with Crippen molar-refractivity contribution in [3.8, 4) is 0 Å². The molecule has 1 fully saturated rings. The summed E-state index contributed by atoms with van der Waals surface area (Å²) < 4.78 is 0. The first-order valence-electron chi connectivity index (χ1n) is 5.60. The van der Waals surface area contributed by atoms with Crippen LogP contribution in [0.25, 0.3) is 0 Å². The van der Waals surface area contributed by atoms with Crippen LogP contribution < -0.4 is 0 Å². The Balaban J connectivity index is 2.61. The summed E-state index contributed by atoms with van der Waals surface area (Å²) in [7, 11) is 2.31. The van der Waals surface area contributed by atoms with E-state index in [0.717, 1.165) is 0 Å². The number of nitrogens with zero attached hydrogens (tertiary/aromatic N) is 2. The molecule has 1 saturated heterocycles. The van der Waals surface area contributed by atoms with E-state index in [1.54, 1.807) is 0 Å². The second-order valence-corrected chi connectivity index (χ2v) is 6.20. The van der Waals surface area contributed by atoms with Crippen LogP contribution in [0.15, 0.2) is 0 Å². The first kappa shape index (κ1) is 12.1. The Bertz CT molecular complexity index is 170. The third-order valence-corrected chi connectivity index (χ3v) is 2.80. The highest BCUT2D eigenvalue weighted by atomic mass is 15.3. The van der Waals surface area contributed by atoms with Crippen LogP contribution in [-0.2, 0) is 0 Å². The van der Waals surface area contributed by atoms with Crippen LogP contribution in [0.4, 0.5) is 0 Å². The molecule has 0 aromatic rings. The van der Waals surface area contributed by atoms with E-state index in [-0.39, 0.29) is 11.1 Å². The highest BCUT2D eigenvalue weighted by molar-refractivity contribution is 6.29. The fourth-order valence-electron chi connectivity index (χ4n) is 1.71. The monoisotopic (exact) mass is 195 g/mol. The van der Waals surface area contributed by atoms with Gasteiger partial charge >= 0.3 is 7.55 Å². The van der Waals surface area contributed by atoms with Crippen molar-refractivity contribution in [2.45, 2.75) is 59.0 Å². The van der Waals surface area contributed by atoms with Gasteiger partial charge in [0.1, 0.15) is 0 Å². The largest absolute Gasteiger partial charge is 0.327 e. The summed E-state index contributed by atoms with van der Waals surface area (Å²) in [6.45, 7) is 16.0. The van der Waals surface area contributed by atoms with E-state index in [4.69, 9.17) is 0 Å². The summed E-state index contributed by atoms with van der Waals surface area (Å²) in [6.07, 6.45) is 1.27. The molecule has 14 heavy (non-hydrogen) atoms. The lowest BCUT2D eigenvalue weighted by molar-refractivity contribution is 0.150. The van der Waals surface area contributed by atoms with Gasteiger partial charge in [-0.3, -0.25) is 0 Å². The standard InChI is InChI=1S/C11H24BN2/c1-10(2,3)13-8-7-9-14(12-13)11(4,5)6/h7-9H2,1-6H3. The molecule has 0 unspecified atom stereocenters. The molecule has 0 aromatic carbocycles. The second-order valence-electron chi connectivity index (χ2n) is 6.20. The summed E-state index contributed by atoms with van der Waals surface area (Å²) in [5, 5.41) is 0. The van der Waals surface area contributed by atoms with E-state index in [0.29, 0.717) is 0 Å². The molecule has 0 saturated carbocycles. The van der Waals surface area contributed by atoms with E-state index in [1.807, 2.05) is 0 Å². The topological polar surface area (TPSA) is 6.48 Å². The zero-order valence-electron chi connectivity index (χ0n) is 10.6. The van der Waals surface area contributed by atoms with Gasteiger partial charge in [0.25, 0.3) is 0 Å². The van der Waals surface area contributed by atoms with Gasteiger partial charge in [-0.25, -0.2) is 0 Å². The molecule has 0 aliphatic carbocycles. The van der Waals surface area contributed by atoms with Gasteiger partial charge < -0.3 is 9.62 Å². The molecule has 0 atom stereocenters. The molecule has 0 spiro atoms. The van der Waals surface area contributed by atoms with Crippen LogP contribution in [0.1, 0.15) is 48.0 Å². The van der Waals surface area contributed by atoms with E-state index < -0.39 is 0 Å². The lowest BCUT2D eigenvalue weighted by Crippen LogP contribution is -2.59. The van der Waals surface area contributed by atoms with Crippen molar-refractivity contribution in [2.75, 3.05) is 13.1 Å². The molecule has 1 radical (unpaired) electrons. The van der Waals surface area contributed by atoms with Gasteiger partial charge in [0.2, 0.25) is 0 Å². The molecular weight excluding hydrogens is 171 g/mol. The number of hydrogen-bond donors (Lipinski definition) is 0. The van der Waals surface area contributed by atoms with Crippen LogP contribution in [0, 0.1) is 0 Å². The molecule has 2 nitrogen and oxygen atoms in total. The van der Waals surface area contributed by atoms with Gasteiger partial charge in [-0.05, 0) is 61.1 Å². The average molecular weight is 195 g/mol. The molecule has 0 aromatic heterocycles. The molecular formula is C11H24BN2. The van der Waals surface area contributed by atoms with Crippen molar-refractivity contribution in [3.63, 3.8) is 0 Å². The van der Waals surface area contributed by atoms with Gasteiger partial charge in [-0.1, -0.05) is 0 Å². The van der Waals surface area contributed by atoms with Crippen molar-refractivity contribution in [2.24, 2.45) is 0 Å². The van der Waals surface area contributed by atoms with Crippen molar-refractivity contribution in [1.82, 2.24) is 9.62 Å². The van der Waals surface area contributed by atoms with Gasteiger partial charge in [-0.2, -0.15) is 0 Å². The van der Waals surface area contributed by atoms with Crippen molar-refractivity contribution in [1.29, 1.82) is 0 Å². The normalized spacial score (nSPS) is 22.1. The lowest BCUT2D eigenvalue weighted by atomic mass is 9.85. The maximum Gasteiger partial charge on any atom is 0.314 e. The second kappa shape index (κ2) is 3.86. The Labute approximate surface area is 89.9 Å². The van der Waals surface area contributed by atoms with Crippen LogP contribution in [0.2, 0.25) is 0 Å². The van der Waals surface area contributed by atoms with Gasteiger partial charge in [0.15, 0.2) is 0 Å². The molecule has 81 valence electrons. The average Bonchev–Trinajstić information content (AvgIpc) is 2.01. The summed E-state index contributed by atoms with van der Waals surface area (Å²) in [6, 6.07) is 0. The van der Waals surface area contributed by atoms with Gasteiger partial charge in [0, 0.05) is 11.1 Å². The van der Waals surface area contributed by atoms with Crippen LogP contribution in [0.5, 0.6) is 0 Å². The third-order valence-electron chi connectivity index (χ3n) is 2.80. The SMILES string of the molecule is CC(C)(C)N1[B]N(C(C)(C)C)CCC1. The highest BCUT2D eigenvalue weighted by Gasteiger charge is 2.32. The zero-order valence-corrected chi connectivity index (χ0v) is 10.6. The molecule has 0 N–H and O–H groups in total. The third kappa shape index (κ3) is 2.99. The van der Waals surface area contributed by atoms with Gasteiger partial charge in [-0.15, -0.1) is 0 Å². The molecule has 1 aliphatic rings. The lowest BCUT2D eigenvalue weighted by Gasteiger charge is -2.47. The Kier molecular flexibility index (Phi) is 3.32. The Morgan fingerprint density at radius 1 is 0.786 bits per heavy atom. The van der Waals surface area contributed by atoms with Crippen LogP contribution in [-0.4, -0.2) is 41.3 Å². The molecule has 0 bridgehead atoms. The van der Waals surface area contributed by atoms with Crippen LogP contribution >= 0.6 is 0 Å². The number of hydrogen-bond acceptors (Lipinski definition) is 2.